The van der Waals surface area contributed by atoms with Crippen molar-refractivity contribution < 1.29 is 23.5 Å². The van der Waals surface area contributed by atoms with E-state index < -0.39 is 17.6 Å². The summed E-state index contributed by atoms with van der Waals surface area (Å²) in [5.74, 6) is -0.789. The molecule has 9 heteroatoms. The van der Waals surface area contributed by atoms with Gasteiger partial charge in [0, 0.05) is 12.1 Å². The summed E-state index contributed by atoms with van der Waals surface area (Å²) in [6.07, 6.45) is 0. The summed E-state index contributed by atoms with van der Waals surface area (Å²) in [6.45, 7) is -0.565. The molecule has 0 spiro atoms. The molecule has 2 aromatic rings. The highest BCUT2D eigenvalue weighted by Gasteiger charge is 2.16. The third-order valence-electron chi connectivity index (χ3n) is 3.49. The van der Waals surface area contributed by atoms with Crippen molar-refractivity contribution in [3.8, 4) is 11.5 Å². The zero-order valence-electron chi connectivity index (χ0n) is 14.6. The summed E-state index contributed by atoms with van der Waals surface area (Å²) in [5, 5.41) is 3.11. The van der Waals surface area contributed by atoms with Gasteiger partial charge in [0.25, 0.3) is 5.91 Å². The lowest BCUT2D eigenvalue weighted by Gasteiger charge is -2.18. The van der Waals surface area contributed by atoms with Crippen LogP contribution in [0.2, 0.25) is 10.0 Å². The van der Waals surface area contributed by atoms with Crippen molar-refractivity contribution in [2.45, 2.75) is 0 Å². The molecule has 0 aliphatic heterocycles. The number of rotatable bonds is 7. The molecule has 2 rings (SSSR count). The maximum absolute atomic E-state index is 13.0. The first kappa shape index (κ1) is 20.8. The predicted molar refractivity (Wildman–Crippen MR) is 101 cm³/mol. The molecular weight excluding hydrogens is 398 g/mol. The Balaban J connectivity index is 1.90. The molecule has 6 nitrogen and oxygen atoms in total. The molecule has 0 unspecified atom stereocenters. The monoisotopic (exact) mass is 414 g/mol. The van der Waals surface area contributed by atoms with Gasteiger partial charge in [-0.15, -0.1) is 0 Å². The van der Waals surface area contributed by atoms with Gasteiger partial charge >= 0.3 is 0 Å². The van der Waals surface area contributed by atoms with Crippen molar-refractivity contribution in [3.63, 3.8) is 0 Å². The van der Waals surface area contributed by atoms with Gasteiger partial charge in [-0.2, -0.15) is 0 Å². The molecule has 0 saturated carbocycles. The third kappa shape index (κ3) is 6.01. The lowest BCUT2D eigenvalue weighted by atomic mass is 10.3. The van der Waals surface area contributed by atoms with Gasteiger partial charge in [-0.25, -0.2) is 4.39 Å². The Hall–Kier alpha value is -2.51. The Kier molecular flexibility index (Phi) is 7.27. The first-order chi connectivity index (χ1) is 12.8. The lowest BCUT2D eigenvalue weighted by molar-refractivity contribution is -0.135. The predicted octanol–water partition coefficient (Wildman–Crippen LogP) is 3.62. The van der Waals surface area contributed by atoms with Gasteiger partial charge in [-0.3, -0.25) is 9.59 Å². The maximum Gasteiger partial charge on any atom is 0.260 e. The summed E-state index contributed by atoms with van der Waals surface area (Å²) < 4.78 is 23.4. The van der Waals surface area contributed by atoms with Crippen LogP contribution in [-0.2, 0) is 9.59 Å². The van der Waals surface area contributed by atoms with E-state index in [1.165, 1.54) is 31.2 Å². The molecule has 1 N–H and O–H groups in total. The zero-order chi connectivity index (χ0) is 20.0. The van der Waals surface area contributed by atoms with Gasteiger partial charge in [-0.1, -0.05) is 23.2 Å². The molecule has 0 radical (unpaired) electrons. The number of nitrogens with one attached hydrogen (secondary N) is 1. The second-order valence-electron chi connectivity index (χ2n) is 5.51. The topological polar surface area (TPSA) is 67.9 Å². The highest BCUT2D eigenvalue weighted by molar-refractivity contribution is 6.32. The Morgan fingerprint density at radius 2 is 1.85 bits per heavy atom. The summed E-state index contributed by atoms with van der Waals surface area (Å²) >= 11 is 11.7. The van der Waals surface area contributed by atoms with E-state index in [-0.39, 0.29) is 23.9 Å². The number of hydrogen-bond donors (Lipinski definition) is 1. The molecule has 0 heterocycles. The number of methoxy groups -OCH3 is 1. The van der Waals surface area contributed by atoms with E-state index in [9.17, 15) is 14.0 Å². The largest absolute Gasteiger partial charge is 0.495 e. The highest BCUT2D eigenvalue weighted by atomic mass is 35.5. The van der Waals surface area contributed by atoms with Gasteiger partial charge in [0.15, 0.2) is 6.61 Å². The Morgan fingerprint density at radius 1 is 1.15 bits per heavy atom. The second-order valence-corrected chi connectivity index (χ2v) is 6.35. The molecule has 144 valence electrons. The number of anilines is 1. The number of halogens is 3. The molecule has 0 aromatic heterocycles. The van der Waals surface area contributed by atoms with Gasteiger partial charge in [0.1, 0.15) is 17.3 Å². The minimum atomic E-state index is -0.510. The van der Waals surface area contributed by atoms with Crippen molar-refractivity contribution in [3.05, 3.63) is 52.3 Å². The molecule has 0 atom stereocenters. The number of likely N-dealkylation sites (N-methyl/N-ethyl adjacent to an activating group) is 1. The molecule has 0 aliphatic rings. The first-order valence-electron chi connectivity index (χ1n) is 7.75. The van der Waals surface area contributed by atoms with Crippen LogP contribution in [0.15, 0.2) is 36.4 Å². The fourth-order valence-corrected chi connectivity index (χ4v) is 2.51. The smallest absolute Gasteiger partial charge is 0.260 e. The number of benzene rings is 2. The molecule has 2 aromatic carbocycles. The zero-order valence-corrected chi connectivity index (χ0v) is 16.1. The quantitative estimate of drug-likeness (QED) is 0.750. The van der Waals surface area contributed by atoms with Crippen molar-refractivity contribution in [2.24, 2.45) is 0 Å². The summed E-state index contributed by atoms with van der Waals surface area (Å²) in [7, 11) is 2.92. The first-order valence-corrected chi connectivity index (χ1v) is 8.51. The van der Waals surface area contributed by atoms with Gasteiger partial charge in [0.05, 0.1) is 24.4 Å². The van der Waals surface area contributed by atoms with Crippen LogP contribution in [0.25, 0.3) is 0 Å². The molecule has 0 aliphatic carbocycles. The second kappa shape index (κ2) is 9.43. The summed E-state index contributed by atoms with van der Waals surface area (Å²) in [6, 6.07) is 8.36. The average Bonchev–Trinajstić information content (AvgIpc) is 2.60. The fraction of sp³-hybridized carbons (Fsp3) is 0.222. The van der Waals surface area contributed by atoms with Crippen molar-refractivity contribution in [1.82, 2.24) is 4.90 Å². The van der Waals surface area contributed by atoms with Crippen molar-refractivity contribution in [1.29, 1.82) is 0 Å². The van der Waals surface area contributed by atoms with Crippen molar-refractivity contribution in [2.75, 3.05) is 32.6 Å². The number of carbonyl (C=O) groups is 2. The number of ether oxygens (including phenoxy) is 2. The Morgan fingerprint density at radius 3 is 2.52 bits per heavy atom. The maximum atomic E-state index is 13.0. The molecule has 27 heavy (non-hydrogen) atoms. The molecule has 2 amide bonds. The normalized spacial score (nSPS) is 10.3. The number of hydrogen-bond acceptors (Lipinski definition) is 4. The molecular formula is C18H17Cl2FN2O4. The van der Waals surface area contributed by atoms with Crippen LogP contribution in [0.1, 0.15) is 0 Å². The van der Waals surface area contributed by atoms with Gasteiger partial charge < -0.3 is 19.7 Å². The van der Waals surface area contributed by atoms with Crippen molar-refractivity contribution >= 4 is 40.7 Å². The van der Waals surface area contributed by atoms with Crippen LogP contribution in [0, 0.1) is 5.82 Å². The Labute approximate surface area is 165 Å². The van der Waals surface area contributed by atoms with Crippen LogP contribution in [0.5, 0.6) is 11.5 Å². The average molecular weight is 415 g/mol. The minimum Gasteiger partial charge on any atom is -0.495 e. The Bertz CT molecular complexity index is 848. The minimum absolute atomic E-state index is 0.0521. The SMILES string of the molecule is COc1ccc(Cl)cc1NC(=O)CN(C)C(=O)COc1ccc(F)cc1Cl. The van der Waals surface area contributed by atoms with E-state index in [1.54, 1.807) is 18.2 Å². The fourth-order valence-electron chi connectivity index (χ4n) is 2.11. The van der Waals surface area contributed by atoms with E-state index in [4.69, 9.17) is 32.7 Å². The van der Waals surface area contributed by atoms with Crippen LogP contribution < -0.4 is 14.8 Å². The van der Waals surface area contributed by atoms with Gasteiger partial charge in [-0.05, 0) is 36.4 Å². The van der Waals surface area contributed by atoms with Crippen LogP contribution in [-0.4, -0.2) is 44.0 Å². The number of nitrogens with zero attached hydrogens (tertiary/aromatic N) is 1. The van der Waals surface area contributed by atoms with Crippen LogP contribution in [0.3, 0.4) is 0 Å². The number of carbonyl (C=O) groups excluding carboxylic acids is 2. The highest BCUT2D eigenvalue weighted by Crippen LogP contribution is 2.27. The van der Waals surface area contributed by atoms with E-state index in [0.29, 0.717) is 16.5 Å². The van der Waals surface area contributed by atoms with E-state index in [0.717, 1.165) is 6.07 Å². The standard InChI is InChI=1S/C18H17Cl2FN2O4/c1-23(18(25)10-27-15-6-4-12(21)8-13(15)20)9-17(24)22-14-7-11(19)3-5-16(14)26-2/h3-8H,9-10H2,1-2H3,(H,22,24). The van der Waals surface area contributed by atoms with Crippen LogP contribution >= 0.6 is 23.2 Å². The summed E-state index contributed by atoms with van der Waals surface area (Å²) in [4.78, 5) is 25.5. The molecule has 0 bridgehead atoms. The lowest BCUT2D eigenvalue weighted by Crippen LogP contribution is -2.37. The summed E-state index contributed by atoms with van der Waals surface area (Å²) in [5.41, 5.74) is 0.394. The van der Waals surface area contributed by atoms with Crippen LogP contribution in [0.4, 0.5) is 10.1 Å². The third-order valence-corrected chi connectivity index (χ3v) is 4.02. The number of amides is 2. The van der Waals surface area contributed by atoms with E-state index in [2.05, 4.69) is 5.32 Å². The molecule has 0 fully saturated rings. The van der Waals surface area contributed by atoms with E-state index >= 15 is 0 Å². The van der Waals surface area contributed by atoms with E-state index in [1.807, 2.05) is 0 Å². The van der Waals surface area contributed by atoms with Gasteiger partial charge in [0.2, 0.25) is 5.91 Å². The molecule has 0 saturated heterocycles.